The Morgan fingerprint density at radius 3 is 1.84 bits per heavy atom. The van der Waals surface area contributed by atoms with E-state index >= 15 is 0 Å². The summed E-state index contributed by atoms with van der Waals surface area (Å²) in [5.41, 5.74) is 7.56. The minimum absolute atomic E-state index is 0.0479. The standard InChI is InChI=1S/C46H69NO10/c1-30(2)42(57-46(47)49)33(5)40(53-27-36-19-23-38(51-9)24-20-36)17-13-11-15-31(3)43(54-28-37-21-25-39(52-10)26-22-37)32(4)16-12-14-18-41-34(6)44(55-29-50-8)35(7)45(48)56-41/h11-12,15-16,19-26,30-35,40-44H,13-14,17-18,27-29H2,1-10H3,(H2,47,49)/b15-11-,16-12-/t31-,32-,33-,34-,35+,40+,41-,42-,43+,44-/m0/s1. The predicted octanol–water partition coefficient (Wildman–Crippen LogP) is 9.06. The van der Waals surface area contributed by atoms with Crippen molar-refractivity contribution in [3.63, 3.8) is 0 Å². The Kier molecular flexibility index (Phi) is 20.6. The van der Waals surface area contributed by atoms with Gasteiger partial charge >= 0.3 is 12.1 Å². The molecule has 1 amide bonds. The van der Waals surface area contributed by atoms with E-state index in [4.69, 9.17) is 43.6 Å². The number of rotatable bonds is 25. The summed E-state index contributed by atoms with van der Waals surface area (Å²) in [6.07, 6.45) is 9.75. The predicted molar refractivity (Wildman–Crippen MR) is 222 cm³/mol. The van der Waals surface area contributed by atoms with Gasteiger partial charge in [-0.1, -0.05) is 90.1 Å². The van der Waals surface area contributed by atoms with Crippen molar-refractivity contribution < 1.29 is 47.5 Å². The maximum Gasteiger partial charge on any atom is 0.404 e. The minimum Gasteiger partial charge on any atom is -0.497 e. The third-order valence-corrected chi connectivity index (χ3v) is 11.0. The topological polar surface area (TPSA) is 134 Å². The molecular formula is C46H69NO10. The van der Waals surface area contributed by atoms with Gasteiger partial charge in [-0.25, -0.2) is 4.79 Å². The number of ether oxygens (including phenoxy) is 8. The van der Waals surface area contributed by atoms with Crippen LogP contribution in [0.1, 0.15) is 85.3 Å². The van der Waals surface area contributed by atoms with Crippen LogP contribution in [0, 0.1) is 35.5 Å². The Bertz CT molecular complexity index is 1510. The molecule has 0 unspecified atom stereocenters. The van der Waals surface area contributed by atoms with E-state index in [0.717, 1.165) is 41.9 Å². The number of hydrogen-bond acceptors (Lipinski definition) is 10. The highest BCUT2D eigenvalue weighted by molar-refractivity contribution is 5.74. The lowest BCUT2D eigenvalue weighted by molar-refractivity contribution is -0.194. The van der Waals surface area contributed by atoms with Crippen LogP contribution in [0.3, 0.4) is 0 Å². The Morgan fingerprint density at radius 1 is 0.789 bits per heavy atom. The summed E-state index contributed by atoms with van der Waals surface area (Å²) in [6, 6.07) is 15.7. The largest absolute Gasteiger partial charge is 0.497 e. The number of hydrogen-bond donors (Lipinski definition) is 1. The molecule has 1 heterocycles. The second-order valence-corrected chi connectivity index (χ2v) is 15.7. The van der Waals surface area contributed by atoms with Crippen LogP contribution in [0.15, 0.2) is 72.8 Å². The fraction of sp³-hybridized carbons (Fsp3) is 0.609. The van der Waals surface area contributed by atoms with Gasteiger partial charge in [-0.3, -0.25) is 4.79 Å². The van der Waals surface area contributed by atoms with E-state index in [0.29, 0.717) is 19.6 Å². The molecule has 0 spiro atoms. The molecule has 1 aliphatic rings. The molecule has 2 aromatic carbocycles. The number of carbonyl (C=O) groups is 2. The van der Waals surface area contributed by atoms with E-state index < -0.39 is 12.2 Å². The van der Waals surface area contributed by atoms with E-state index in [1.165, 1.54) is 0 Å². The molecule has 57 heavy (non-hydrogen) atoms. The number of cyclic esters (lactones) is 1. The van der Waals surface area contributed by atoms with Crippen molar-refractivity contribution in [1.29, 1.82) is 0 Å². The van der Waals surface area contributed by atoms with Gasteiger partial charge in [0.05, 0.1) is 51.7 Å². The number of nitrogens with two attached hydrogens (primary N) is 1. The lowest BCUT2D eigenvalue weighted by atomic mass is 9.84. The first kappa shape index (κ1) is 47.5. The molecule has 2 aromatic rings. The molecule has 0 radical (unpaired) electrons. The third kappa shape index (κ3) is 15.4. The average Bonchev–Trinajstić information content (AvgIpc) is 3.20. The molecule has 1 fully saturated rings. The van der Waals surface area contributed by atoms with Crippen molar-refractivity contribution in [3.05, 3.63) is 84.0 Å². The molecule has 0 saturated carbocycles. The summed E-state index contributed by atoms with van der Waals surface area (Å²) in [4.78, 5) is 24.4. The number of allylic oxidation sites excluding steroid dienone is 2. The molecule has 318 valence electrons. The normalized spacial score (nSPS) is 21.8. The first-order valence-corrected chi connectivity index (χ1v) is 20.4. The third-order valence-electron chi connectivity index (χ3n) is 11.0. The SMILES string of the molecule is COCO[C@H]1[C@@H](C)[C@H](CC/C=C\[C@H](C)[C@H](OCc2ccc(OC)cc2)[C@@H](C)/C=C\CC[C@@H](OCc2ccc(OC)cc2)[C@H](C)[C@@H](OC(N)=O)C(C)C)OC(=O)[C@@H]1C. The first-order valence-electron chi connectivity index (χ1n) is 20.4. The fourth-order valence-corrected chi connectivity index (χ4v) is 7.61. The zero-order valence-electron chi connectivity index (χ0n) is 35.9. The van der Waals surface area contributed by atoms with E-state index in [1.807, 2.05) is 69.3 Å². The highest BCUT2D eigenvalue weighted by Crippen LogP contribution is 2.32. The minimum atomic E-state index is -0.783. The Hall–Kier alpha value is -3.90. The lowest BCUT2D eigenvalue weighted by Gasteiger charge is -2.38. The quantitative estimate of drug-likeness (QED) is 0.0590. The van der Waals surface area contributed by atoms with Crippen LogP contribution in [-0.2, 0) is 46.4 Å². The Balaban J connectivity index is 1.71. The van der Waals surface area contributed by atoms with Crippen LogP contribution < -0.4 is 15.2 Å². The van der Waals surface area contributed by atoms with E-state index in [-0.39, 0.29) is 72.7 Å². The molecule has 1 aliphatic heterocycles. The van der Waals surface area contributed by atoms with Gasteiger partial charge in [0.15, 0.2) is 0 Å². The molecule has 3 rings (SSSR count). The first-order chi connectivity index (χ1) is 27.3. The smallest absolute Gasteiger partial charge is 0.404 e. The second kappa shape index (κ2) is 24.8. The number of carbonyl (C=O) groups excluding carboxylic acids is 2. The van der Waals surface area contributed by atoms with Crippen molar-refractivity contribution >= 4 is 12.1 Å². The van der Waals surface area contributed by atoms with Crippen LogP contribution >= 0.6 is 0 Å². The van der Waals surface area contributed by atoms with Gasteiger partial charge in [0.1, 0.15) is 30.5 Å². The number of amides is 1. The van der Waals surface area contributed by atoms with Crippen LogP contribution in [0.2, 0.25) is 0 Å². The Labute approximate surface area is 341 Å². The van der Waals surface area contributed by atoms with Crippen molar-refractivity contribution in [2.45, 2.75) is 118 Å². The van der Waals surface area contributed by atoms with E-state index in [2.05, 4.69) is 52.0 Å². The van der Waals surface area contributed by atoms with Gasteiger partial charge in [-0.15, -0.1) is 0 Å². The molecule has 0 bridgehead atoms. The van der Waals surface area contributed by atoms with Crippen molar-refractivity contribution in [2.24, 2.45) is 41.2 Å². The van der Waals surface area contributed by atoms with E-state index in [1.54, 1.807) is 21.3 Å². The molecule has 0 aromatic heterocycles. The summed E-state index contributed by atoms with van der Waals surface area (Å²) in [6.45, 7) is 15.4. The summed E-state index contributed by atoms with van der Waals surface area (Å²) >= 11 is 0. The Morgan fingerprint density at radius 2 is 1.33 bits per heavy atom. The van der Waals surface area contributed by atoms with Crippen LogP contribution in [-0.4, -0.2) is 70.7 Å². The zero-order valence-corrected chi connectivity index (χ0v) is 35.9. The van der Waals surface area contributed by atoms with Gasteiger partial charge < -0.3 is 43.6 Å². The highest BCUT2D eigenvalue weighted by atomic mass is 16.7. The maximum atomic E-state index is 12.6. The molecule has 1 saturated heterocycles. The number of benzene rings is 2. The molecule has 0 aliphatic carbocycles. The van der Waals surface area contributed by atoms with Crippen molar-refractivity contribution in [1.82, 2.24) is 0 Å². The fourth-order valence-electron chi connectivity index (χ4n) is 7.61. The maximum absolute atomic E-state index is 12.6. The van der Waals surface area contributed by atoms with Crippen LogP contribution in [0.4, 0.5) is 4.79 Å². The number of methoxy groups -OCH3 is 3. The number of primary amides is 1. The molecule has 10 atom stereocenters. The second-order valence-electron chi connectivity index (χ2n) is 15.7. The summed E-state index contributed by atoms with van der Waals surface area (Å²) in [5, 5.41) is 0. The summed E-state index contributed by atoms with van der Waals surface area (Å²) < 4.78 is 46.2. The average molecular weight is 796 g/mol. The number of esters is 1. The molecule has 11 nitrogen and oxygen atoms in total. The van der Waals surface area contributed by atoms with E-state index in [9.17, 15) is 9.59 Å². The van der Waals surface area contributed by atoms with Gasteiger partial charge in [0.2, 0.25) is 0 Å². The van der Waals surface area contributed by atoms with Crippen LogP contribution in [0.25, 0.3) is 0 Å². The zero-order chi connectivity index (χ0) is 41.9. The van der Waals surface area contributed by atoms with Crippen LogP contribution in [0.5, 0.6) is 11.5 Å². The van der Waals surface area contributed by atoms with Crippen molar-refractivity contribution in [3.8, 4) is 11.5 Å². The highest BCUT2D eigenvalue weighted by Gasteiger charge is 2.42. The lowest BCUT2D eigenvalue weighted by Crippen LogP contribution is -2.48. The van der Waals surface area contributed by atoms with Crippen molar-refractivity contribution in [2.75, 3.05) is 28.1 Å². The molecule has 11 heteroatoms. The molecule has 2 N–H and O–H groups in total. The summed E-state index contributed by atoms with van der Waals surface area (Å²) in [7, 11) is 4.88. The van der Waals surface area contributed by atoms with Gasteiger partial charge in [0, 0.05) is 30.8 Å². The molecular weight excluding hydrogens is 727 g/mol. The van der Waals surface area contributed by atoms with Gasteiger partial charge in [-0.05, 0) is 73.9 Å². The monoisotopic (exact) mass is 795 g/mol. The summed E-state index contributed by atoms with van der Waals surface area (Å²) in [5.74, 6) is 1.20. The van der Waals surface area contributed by atoms with Gasteiger partial charge in [0.25, 0.3) is 0 Å². The van der Waals surface area contributed by atoms with Gasteiger partial charge in [-0.2, -0.15) is 0 Å².